The number of aliphatic imine (C=N–C) groups is 1. The van der Waals surface area contributed by atoms with Gasteiger partial charge in [-0.1, -0.05) is 63.5 Å². The molecule has 1 aliphatic heterocycles. The van der Waals surface area contributed by atoms with Gasteiger partial charge in [0.1, 0.15) is 5.75 Å². The summed E-state index contributed by atoms with van der Waals surface area (Å²) in [7, 11) is 3.99. The first-order valence-electron chi connectivity index (χ1n) is 14.2. The van der Waals surface area contributed by atoms with Crippen LogP contribution in [0.1, 0.15) is 41.2 Å². The van der Waals surface area contributed by atoms with Crippen LogP contribution < -0.4 is 10.1 Å². The van der Waals surface area contributed by atoms with E-state index in [2.05, 4.69) is 36.2 Å². The van der Waals surface area contributed by atoms with E-state index in [4.69, 9.17) is 25.1 Å². The van der Waals surface area contributed by atoms with E-state index < -0.39 is 11.6 Å². The summed E-state index contributed by atoms with van der Waals surface area (Å²) in [5.74, 6) is 0.762. The van der Waals surface area contributed by atoms with E-state index in [1.807, 2.05) is 86.9 Å². The molecule has 0 radical (unpaired) electrons. The van der Waals surface area contributed by atoms with Gasteiger partial charge in [-0.3, -0.25) is 4.79 Å². The maximum Gasteiger partial charge on any atom is 0.252 e. The molecule has 2 atom stereocenters. The van der Waals surface area contributed by atoms with Gasteiger partial charge in [0.25, 0.3) is 5.91 Å². The molecular weight excluding hydrogens is 612 g/mol. The number of hydrogen-bond donors (Lipinski definition) is 2. The Hall–Kier alpha value is -3.89. The number of ether oxygens (including phenoxy) is 2. The number of aliphatic hydroxyl groups excluding tert-OH is 1. The molecule has 1 aliphatic rings. The lowest BCUT2D eigenvalue weighted by Crippen LogP contribution is -2.50. The summed E-state index contributed by atoms with van der Waals surface area (Å²) in [6.07, 6.45) is 0.789. The number of hydrogen-bond acceptors (Lipinski definition) is 7. The van der Waals surface area contributed by atoms with Crippen LogP contribution in [0.5, 0.6) is 5.75 Å². The van der Waals surface area contributed by atoms with Gasteiger partial charge in [-0.25, -0.2) is 4.99 Å². The first kappa shape index (κ1) is 32.0. The molecule has 10 nitrogen and oxygen atoms in total. The van der Waals surface area contributed by atoms with Gasteiger partial charge in [-0.2, -0.15) is 0 Å². The average molecular weight is 650 g/mol. The van der Waals surface area contributed by atoms with Crippen LogP contribution in [0.25, 0.3) is 10.4 Å². The molecule has 1 heterocycles. The smallest absolute Gasteiger partial charge is 0.252 e. The van der Waals surface area contributed by atoms with Crippen LogP contribution in [0.15, 0.2) is 87.4 Å². The van der Waals surface area contributed by atoms with Crippen LogP contribution in [-0.2, 0) is 22.5 Å². The Morgan fingerprint density at radius 1 is 1.12 bits per heavy atom. The first-order valence-corrected chi connectivity index (χ1v) is 15.0. The van der Waals surface area contributed by atoms with Crippen molar-refractivity contribution in [1.82, 2.24) is 10.2 Å². The number of carbonyl (C=O) groups is 1. The van der Waals surface area contributed by atoms with Crippen molar-refractivity contribution in [1.29, 1.82) is 0 Å². The lowest BCUT2D eigenvalue weighted by Gasteiger charge is -2.32. The van der Waals surface area contributed by atoms with Gasteiger partial charge in [0, 0.05) is 46.5 Å². The van der Waals surface area contributed by atoms with Crippen LogP contribution in [0, 0.1) is 0 Å². The van der Waals surface area contributed by atoms with Gasteiger partial charge in [0.15, 0.2) is 11.6 Å². The van der Waals surface area contributed by atoms with Crippen molar-refractivity contribution in [2.45, 2.75) is 37.5 Å². The molecule has 0 fully saturated rings. The largest absolute Gasteiger partial charge is 0.494 e. The Morgan fingerprint density at radius 2 is 1.84 bits per heavy atom. The number of nitrogens with one attached hydrogen (secondary N) is 1. The van der Waals surface area contributed by atoms with Gasteiger partial charge < -0.3 is 24.8 Å². The minimum atomic E-state index is -1.36. The highest BCUT2D eigenvalue weighted by atomic mass is 79.9. The molecule has 4 rings (SSSR count). The van der Waals surface area contributed by atoms with Crippen molar-refractivity contribution < 1.29 is 19.4 Å². The topological polar surface area (TPSA) is 132 Å². The molecule has 0 saturated heterocycles. The summed E-state index contributed by atoms with van der Waals surface area (Å²) in [5, 5.41) is 16.0. The fourth-order valence-corrected chi connectivity index (χ4v) is 5.47. The van der Waals surface area contributed by atoms with Gasteiger partial charge in [0.2, 0.25) is 5.90 Å². The number of nitrogens with zero attached hydrogens (tertiary/aromatic N) is 5. The monoisotopic (exact) mass is 648 g/mol. The summed E-state index contributed by atoms with van der Waals surface area (Å²) in [6.45, 7) is 1.93. The zero-order valence-corrected chi connectivity index (χ0v) is 26.0. The number of benzene rings is 3. The Labute approximate surface area is 260 Å². The summed E-state index contributed by atoms with van der Waals surface area (Å²) < 4.78 is 13.1. The molecule has 43 heavy (non-hydrogen) atoms. The predicted octanol–water partition coefficient (Wildman–Crippen LogP) is 5.59. The second-order valence-electron chi connectivity index (χ2n) is 10.6. The molecule has 0 saturated carbocycles. The zero-order chi connectivity index (χ0) is 30.7. The molecule has 3 aromatic rings. The van der Waals surface area contributed by atoms with E-state index in [1.165, 1.54) is 0 Å². The molecule has 0 bridgehead atoms. The van der Waals surface area contributed by atoms with Crippen molar-refractivity contribution in [2.24, 2.45) is 10.1 Å². The lowest BCUT2D eigenvalue weighted by atomic mass is 9.81. The predicted molar refractivity (Wildman–Crippen MR) is 170 cm³/mol. The van der Waals surface area contributed by atoms with Gasteiger partial charge >= 0.3 is 0 Å². The average Bonchev–Trinajstić information content (AvgIpc) is 3.39. The van der Waals surface area contributed by atoms with Crippen LogP contribution in [0.3, 0.4) is 0 Å². The van der Waals surface area contributed by atoms with Crippen molar-refractivity contribution in [3.8, 4) is 5.75 Å². The molecule has 0 spiro atoms. The van der Waals surface area contributed by atoms with E-state index >= 15 is 0 Å². The molecule has 0 aliphatic carbocycles. The third-order valence-corrected chi connectivity index (χ3v) is 7.89. The van der Waals surface area contributed by atoms with Crippen molar-refractivity contribution >= 4 is 27.7 Å². The molecule has 3 aromatic carbocycles. The van der Waals surface area contributed by atoms with Crippen LogP contribution in [0.4, 0.5) is 0 Å². The Morgan fingerprint density at radius 3 is 2.53 bits per heavy atom. The SMILES string of the molecule is CN(C)CCCNC(=O)[C@]1(Cc2ccccc2CN=[N+]=[N-])N=C(c2ccc(OCCCO)cc2)O[C@@H]1c1ccccc1Br. The molecule has 226 valence electrons. The third kappa shape index (κ3) is 8.14. The maximum absolute atomic E-state index is 14.4. The Kier molecular flexibility index (Phi) is 11.6. The van der Waals surface area contributed by atoms with Gasteiger partial charge in [0.05, 0.1) is 13.2 Å². The quantitative estimate of drug-likeness (QED) is 0.0960. The minimum Gasteiger partial charge on any atom is -0.494 e. The fourth-order valence-electron chi connectivity index (χ4n) is 4.98. The van der Waals surface area contributed by atoms with Crippen LogP contribution in [0.2, 0.25) is 0 Å². The third-order valence-electron chi connectivity index (χ3n) is 7.17. The van der Waals surface area contributed by atoms with E-state index in [-0.39, 0.29) is 25.5 Å². The molecule has 11 heteroatoms. The van der Waals surface area contributed by atoms with Gasteiger partial charge in [-0.15, -0.1) is 0 Å². The van der Waals surface area contributed by atoms with E-state index in [0.29, 0.717) is 36.8 Å². The van der Waals surface area contributed by atoms with Crippen LogP contribution >= 0.6 is 15.9 Å². The summed E-state index contributed by atoms with van der Waals surface area (Å²) >= 11 is 3.68. The molecule has 0 unspecified atom stereocenters. The number of rotatable bonds is 15. The zero-order valence-electron chi connectivity index (χ0n) is 24.4. The standard InChI is InChI=1S/C32H37BrN6O4/c1-39(2)18-7-17-35-31(41)32(21-24-9-3-4-10-25(24)22-36-38-34)29(27-11-5-6-12-28(27)33)43-30(37-32)23-13-15-26(16-14-23)42-20-8-19-40/h3-6,9-16,29,40H,7-8,17-22H2,1-2H3,(H,35,41)/t29-,32-/m1/s1. The summed E-state index contributed by atoms with van der Waals surface area (Å²) in [5.41, 5.74) is 10.8. The van der Waals surface area contributed by atoms with Crippen LogP contribution in [-0.4, -0.2) is 67.7 Å². The number of aliphatic hydroxyl groups is 1. The number of carbonyl (C=O) groups excluding carboxylic acids is 1. The second kappa shape index (κ2) is 15.5. The van der Waals surface area contributed by atoms with E-state index in [9.17, 15) is 4.79 Å². The molecular formula is C32H37BrN6O4. The normalized spacial score (nSPS) is 17.6. The maximum atomic E-state index is 14.4. The number of azide groups is 1. The minimum absolute atomic E-state index is 0.0600. The molecule has 0 aromatic heterocycles. The van der Waals surface area contributed by atoms with Crippen molar-refractivity contribution in [3.05, 3.63) is 110 Å². The Balaban J connectivity index is 1.79. The Bertz CT molecular complexity index is 1460. The molecule has 1 amide bonds. The molecule has 2 N–H and O–H groups in total. The van der Waals surface area contributed by atoms with Crippen molar-refractivity contribution in [3.63, 3.8) is 0 Å². The highest BCUT2D eigenvalue weighted by molar-refractivity contribution is 9.10. The fraction of sp³-hybridized carbons (Fsp3) is 0.375. The summed E-state index contributed by atoms with van der Waals surface area (Å²) in [6, 6.07) is 22.7. The lowest BCUT2D eigenvalue weighted by molar-refractivity contribution is -0.129. The highest BCUT2D eigenvalue weighted by Gasteiger charge is 2.53. The van der Waals surface area contributed by atoms with E-state index in [0.717, 1.165) is 34.1 Å². The van der Waals surface area contributed by atoms with Crippen molar-refractivity contribution in [2.75, 3.05) is 40.4 Å². The first-order chi connectivity index (χ1) is 20.9. The highest BCUT2D eigenvalue weighted by Crippen LogP contribution is 2.45. The second-order valence-corrected chi connectivity index (χ2v) is 11.4. The number of halogens is 1. The van der Waals surface area contributed by atoms with Gasteiger partial charge in [-0.05, 0) is 74.1 Å². The van der Waals surface area contributed by atoms with E-state index in [1.54, 1.807) is 0 Å². The number of amides is 1. The summed E-state index contributed by atoms with van der Waals surface area (Å²) in [4.78, 5) is 24.5.